The second kappa shape index (κ2) is 12.7. The van der Waals surface area contributed by atoms with E-state index in [2.05, 4.69) is 27.1 Å². The van der Waals surface area contributed by atoms with Gasteiger partial charge in [0.15, 0.2) is 5.96 Å². The van der Waals surface area contributed by atoms with Crippen LogP contribution in [-0.4, -0.2) is 50.5 Å². The lowest BCUT2D eigenvalue weighted by Gasteiger charge is -2.22. The molecule has 5 nitrogen and oxygen atoms in total. The molecular weight excluding hydrogens is 391 g/mol. The third-order valence-electron chi connectivity index (χ3n) is 3.63. The summed E-state index contributed by atoms with van der Waals surface area (Å²) in [5.41, 5.74) is 0. The average Bonchev–Trinajstić information content (AvgIpc) is 3.31. The van der Waals surface area contributed by atoms with Gasteiger partial charge in [-0.1, -0.05) is 12.5 Å². The Balaban J connectivity index is 0.00000441. The quantitative estimate of drug-likeness (QED) is 0.187. The largest absolute Gasteiger partial charge is 0.354 e. The highest BCUT2D eigenvalue weighted by Crippen LogP contribution is 2.28. The number of carbonyl (C=O) groups is 1. The van der Waals surface area contributed by atoms with Gasteiger partial charge < -0.3 is 15.5 Å². The summed E-state index contributed by atoms with van der Waals surface area (Å²) < 4.78 is 0. The fourth-order valence-electron chi connectivity index (χ4n) is 2.15. The Morgan fingerprint density at radius 1 is 1.27 bits per heavy atom. The molecule has 0 aromatic rings. The molecule has 128 valence electrons. The van der Waals surface area contributed by atoms with Crippen LogP contribution in [0, 0.1) is 5.92 Å². The number of aliphatic imine (C=N–C) groups is 1. The first-order valence-corrected chi connectivity index (χ1v) is 7.99. The predicted octanol–water partition coefficient (Wildman–Crippen LogP) is 2.38. The van der Waals surface area contributed by atoms with Gasteiger partial charge in [-0.3, -0.25) is 9.79 Å². The summed E-state index contributed by atoms with van der Waals surface area (Å²) in [6.07, 6.45) is 8.74. The summed E-state index contributed by atoms with van der Waals surface area (Å²) in [5.74, 6) is 1.37. The Morgan fingerprint density at radius 3 is 2.55 bits per heavy atom. The van der Waals surface area contributed by atoms with E-state index in [1.54, 1.807) is 7.05 Å². The number of carbonyl (C=O) groups excluding carboxylic acids is 1. The van der Waals surface area contributed by atoms with Crippen molar-refractivity contribution >= 4 is 35.8 Å². The van der Waals surface area contributed by atoms with Crippen LogP contribution >= 0.6 is 24.0 Å². The van der Waals surface area contributed by atoms with Crippen LogP contribution in [0.2, 0.25) is 0 Å². The summed E-state index contributed by atoms with van der Waals surface area (Å²) in [7, 11) is 3.84. The number of allylic oxidation sites excluding steroid dienone is 1. The Morgan fingerprint density at radius 2 is 1.95 bits per heavy atom. The number of hydrogen-bond acceptors (Lipinski definition) is 2. The van der Waals surface area contributed by atoms with Crippen molar-refractivity contribution in [3.05, 3.63) is 12.7 Å². The zero-order chi connectivity index (χ0) is 15.5. The van der Waals surface area contributed by atoms with Crippen LogP contribution in [0.1, 0.15) is 38.5 Å². The van der Waals surface area contributed by atoms with Gasteiger partial charge in [0.2, 0.25) is 5.91 Å². The van der Waals surface area contributed by atoms with Crippen molar-refractivity contribution in [3.8, 4) is 0 Å². The monoisotopic (exact) mass is 422 g/mol. The summed E-state index contributed by atoms with van der Waals surface area (Å²) in [5, 5.41) is 6.23. The lowest BCUT2D eigenvalue weighted by Crippen LogP contribution is -2.43. The van der Waals surface area contributed by atoms with E-state index in [1.807, 2.05) is 13.1 Å². The molecule has 1 amide bonds. The molecule has 0 aromatic carbocycles. The molecule has 1 saturated carbocycles. The molecule has 2 N–H and O–H groups in total. The smallest absolute Gasteiger partial charge is 0.223 e. The number of halogens is 1. The summed E-state index contributed by atoms with van der Waals surface area (Å²) >= 11 is 0. The van der Waals surface area contributed by atoms with Gasteiger partial charge in [0, 0.05) is 39.6 Å². The van der Waals surface area contributed by atoms with Crippen molar-refractivity contribution in [2.75, 3.05) is 33.7 Å². The maximum absolute atomic E-state index is 11.5. The Bertz CT molecular complexity index is 356. The first kappa shape index (κ1) is 21.2. The third kappa shape index (κ3) is 9.27. The Hall–Kier alpha value is -0.790. The first-order valence-electron chi connectivity index (χ1n) is 7.99. The first-order chi connectivity index (χ1) is 10.2. The average molecular weight is 422 g/mol. The third-order valence-corrected chi connectivity index (χ3v) is 3.63. The van der Waals surface area contributed by atoms with Gasteiger partial charge in [-0.15, -0.1) is 30.6 Å². The molecular formula is C16H31IN4O. The van der Waals surface area contributed by atoms with Crippen molar-refractivity contribution in [1.29, 1.82) is 0 Å². The van der Waals surface area contributed by atoms with Gasteiger partial charge in [0.1, 0.15) is 0 Å². The Kier molecular flexibility index (Phi) is 12.3. The molecule has 6 heteroatoms. The van der Waals surface area contributed by atoms with Crippen LogP contribution in [0.15, 0.2) is 17.6 Å². The van der Waals surface area contributed by atoms with E-state index in [-0.39, 0.29) is 35.8 Å². The minimum atomic E-state index is 0. The van der Waals surface area contributed by atoms with Crippen molar-refractivity contribution in [3.63, 3.8) is 0 Å². The number of amides is 1. The lowest BCUT2D eigenvalue weighted by molar-refractivity contribution is -0.122. The molecule has 1 rings (SSSR count). The molecule has 0 saturated heterocycles. The van der Waals surface area contributed by atoms with E-state index in [9.17, 15) is 4.79 Å². The fraction of sp³-hybridized carbons (Fsp3) is 0.750. The van der Waals surface area contributed by atoms with Gasteiger partial charge in [0.25, 0.3) is 0 Å². The predicted molar refractivity (Wildman–Crippen MR) is 104 cm³/mol. The van der Waals surface area contributed by atoms with Crippen molar-refractivity contribution in [1.82, 2.24) is 15.5 Å². The van der Waals surface area contributed by atoms with E-state index in [0.717, 1.165) is 38.2 Å². The van der Waals surface area contributed by atoms with Crippen molar-refractivity contribution in [2.45, 2.75) is 38.5 Å². The number of rotatable bonds is 10. The second-order valence-corrected chi connectivity index (χ2v) is 5.60. The maximum Gasteiger partial charge on any atom is 0.223 e. The van der Waals surface area contributed by atoms with Gasteiger partial charge in [0.05, 0.1) is 0 Å². The van der Waals surface area contributed by atoms with E-state index in [0.29, 0.717) is 13.1 Å². The van der Waals surface area contributed by atoms with Crippen molar-refractivity contribution in [2.24, 2.45) is 10.9 Å². The van der Waals surface area contributed by atoms with Gasteiger partial charge in [-0.2, -0.15) is 0 Å². The molecule has 0 unspecified atom stereocenters. The van der Waals surface area contributed by atoms with Crippen LogP contribution in [0.5, 0.6) is 0 Å². The van der Waals surface area contributed by atoms with E-state index in [4.69, 9.17) is 0 Å². The molecule has 0 spiro atoms. The number of unbranched alkanes of at least 4 members (excludes halogenated alkanes) is 3. The van der Waals surface area contributed by atoms with Crippen LogP contribution < -0.4 is 10.6 Å². The van der Waals surface area contributed by atoms with Gasteiger partial charge >= 0.3 is 0 Å². The molecule has 22 heavy (non-hydrogen) atoms. The number of guanidine groups is 1. The van der Waals surface area contributed by atoms with Gasteiger partial charge in [-0.25, -0.2) is 0 Å². The standard InChI is InChI=1S/C16H30N4O.HI/c1-4-5-6-7-8-13-20(3)16(17-2)19-12-11-18-15(21)14-9-10-14;/h4,14H,1,5-13H2,2-3H3,(H,17,19)(H,18,21);1H. The molecule has 0 atom stereocenters. The molecule has 0 heterocycles. The van der Waals surface area contributed by atoms with Crippen LogP contribution in [0.3, 0.4) is 0 Å². The van der Waals surface area contributed by atoms with Crippen LogP contribution in [0.25, 0.3) is 0 Å². The number of nitrogens with zero attached hydrogens (tertiary/aromatic N) is 2. The van der Waals surface area contributed by atoms with E-state index < -0.39 is 0 Å². The molecule has 0 aromatic heterocycles. The second-order valence-electron chi connectivity index (χ2n) is 5.60. The van der Waals surface area contributed by atoms with Crippen LogP contribution in [-0.2, 0) is 4.79 Å². The molecule has 1 fully saturated rings. The molecule has 1 aliphatic rings. The minimum Gasteiger partial charge on any atom is -0.354 e. The van der Waals surface area contributed by atoms with E-state index in [1.165, 1.54) is 12.8 Å². The van der Waals surface area contributed by atoms with Crippen molar-refractivity contribution < 1.29 is 4.79 Å². The normalized spacial score (nSPS) is 14.0. The number of hydrogen-bond donors (Lipinski definition) is 2. The highest BCUT2D eigenvalue weighted by Gasteiger charge is 2.28. The zero-order valence-corrected chi connectivity index (χ0v) is 16.3. The van der Waals surface area contributed by atoms with Gasteiger partial charge in [-0.05, 0) is 32.1 Å². The zero-order valence-electron chi connectivity index (χ0n) is 13.9. The topological polar surface area (TPSA) is 56.7 Å². The Labute approximate surface area is 152 Å². The maximum atomic E-state index is 11.5. The summed E-state index contributed by atoms with van der Waals surface area (Å²) in [6.45, 7) is 6.09. The SMILES string of the molecule is C=CCCCCCN(C)C(=NC)NCCNC(=O)C1CC1.I. The number of nitrogens with one attached hydrogen (secondary N) is 2. The van der Waals surface area contributed by atoms with E-state index >= 15 is 0 Å². The summed E-state index contributed by atoms with van der Waals surface area (Å²) in [6, 6.07) is 0. The molecule has 1 aliphatic carbocycles. The highest BCUT2D eigenvalue weighted by atomic mass is 127. The summed E-state index contributed by atoms with van der Waals surface area (Å²) in [4.78, 5) is 17.9. The lowest BCUT2D eigenvalue weighted by atomic mass is 10.2. The highest BCUT2D eigenvalue weighted by molar-refractivity contribution is 14.0. The fourth-order valence-corrected chi connectivity index (χ4v) is 2.15. The minimum absolute atomic E-state index is 0. The molecule has 0 bridgehead atoms. The van der Waals surface area contributed by atoms with Crippen LogP contribution in [0.4, 0.5) is 0 Å². The molecule has 0 radical (unpaired) electrons. The molecule has 0 aliphatic heterocycles.